The van der Waals surface area contributed by atoms with E-state index in [0.29, 0.717) is 32.7 Å². The smallest absolute Gasteiger partial charge is 0.268 e. The first-order valence-electron chi connectivity index (χ1n) is 8.53. The van der Waals surface area contributed by atoms with Gasteiger partial charge in [0.25, 0.3) is 11.2 Å². The van der Waals surface area contributed by atoms with E-state index in [2.05, 4.69) is 15.2 Å². The van der Waals surface area contributed by atoms with E-state index in [1.807, 2.05) is 13.0 Å². The van der Waals surface area contributed by atoms with Gasteiger partial charge in [-0.05, 0) is 30.2 Å². The molecule has 0 aliphatic rings. The Kier molecular flexibility index (Phi) is 5.08. The van der Waals surface area contributed by atoms with Crippen molar-refractivity contribution in [3.05, 3.63) is 85.3 Å². The van der Waals surface area contributed by atoms with Crippen molar-refractivity contribution in [3.63, 3.8) is 0 Å². The largest absolute Gasteiger partial charge is 0.269 e. The monoisotopic (exact) mass is 427 g/mol. The van der Waals surface area contributed by atoms with Crippen LogP contribution in [0.1, 0.15) is 11.1 Å². The van der Waals surface area contributed by atoms with Crippen LogP contribution >= 0.6 is 23.4 Å². The number of halogens is 1. The molecule has 29 heavy (non-hydrogen) atoms. The highest BCUT2D eigenvalue weighted by Gasteiger charge is 2.16. The Morgan fingerprint density at radius 3 is 2.86 bits per heavy atom. The maximum absolute atomic E-state index is 13.1. The van der Waals surface area contributed by atoms with Crippen LogP contribution in [0.2, 0.25) is 5.02 Å². The van der Waals surface area contributed by atoms with E-state index in [0.717, 1.165) is 11.1 Å². The fourth-order valence-electron chi connectivity index (χ4n) is 2.83. The highest BCUT2D eigenvalue weighted by molar-refractivity contribution is 7.98. The maximum Gasteiger partial charge on any atom is 0.269 e. The summed E-state index contributed by atoms with van der Waals surface area (Å²) in [7, 11) is 0. The summed E-state index contributed by atoms with van der Waals surface area (Å²) in [6.45, 7) is 1.88. The quantitative estimate of drug-likeness (QED) is 0.220. The topological polar surface area (TPSA) is 107 Å². The second-order valence-electron chi connectivity index (χ2n) is 6.32. The zero-order valence-corrected chi connectivity index (χ0v) is 16.7. The second kappa shape index (κ2) is 7.69. The van der Waals surface area contributed by atoms with Crippen LogP contribution in [0.3, 0.4) is 0 Å². The molecular weight excluding hydrogens is 414 g/mol. The van der Waals surface area contributed by atoms with Gasteiger partial charge in [0.05, 0.1) is 16.8 Å². The Labute approximate surface area is 173 Å². The lowest BCUT2D eigenvalue weighted by Gasteiger charge is -2.13. The SMILES string of the molecule is Cc1ccc(-n2c(SCc3cccc([N+](=O)[O-])c3)nc3[nH]ncc3c2=O)cc1Cl. The molecule has 1 N–H and O–H groups in total. The molecule has 0 amide bonds. The van der Waals surface area contributed by atoms with Crippen LogP contribution in [-0.2, 0) is 5.75 Å². The molecule has 0 bridgehead atoms. The van der Waals surface area contributed by atoms with Crippen LogP contribution in [0.25, 0.3) is 16.7 Å². The Hall–Kier alpha value is -3.17. The van der Waals surface area contributed by atoms with E-state index in [1.54, 1.807) is 24.3 Å². The lowest BCUT2D eigenvalue weighted by atomic mass is 10.2. The van der Waals surface area contributed by atoms with Gasteiger partial charge in [-0.3, -0.25) is 24.6 Å². The normalized spacial score (nSPS) is 11.1. The van der Waals surface area contributed by atoms with E-state index < -0.39 is 4.92 Å². The van der Waals surface area contributed by atoms with Crippen LogP contribution in [0, 0.1) is 17.0 Å². The van der Waals surface area contributed by atoms with Crippen molar-refractivity contribution in [1.29, 1.82) is 0 Å². The number of rotatable bonds is 5. The number of nitrogens with zero attached hydrogens (tertiary/aromatic N) is 4. The summed E-state index contributed by atoms with van der Waals surface area (Å²) in [5.74, 6) is 0.396. The third-order valence-corrected chi connectivity index (χ3v) is 5.77. The fourth-order valence-corrected chi connectivity index (χ4v) is 3.95. The van der Waals surface area contributed by atoms with E-state index in [4.69, 9.17) is 11.6 Å². The van der Waals surface area contributed by atoms with Crippen LogP contribution in [0.15, 0.2) is 58.6 Å². The molecule has 2 heterocycles. The summed E-state index contributed by atoms with van der Waals surface area (Å²) in [6, 6.07) is 11.7. The van der Waals surface area contributed by atoms with E-state index in [1.165, 1.54) is 34.7 Å². The molecular formula is C19H14ClN5O3S. The molecule has 0 spiro atoms. The number of aromatic amines is 1. The van der Waals surface area contributed by atoms with Gasteiger partial charge in [-0.2, -0.15) is 5.10 Å². The van der Waals surface area contributed by atoms with Gasteiger partial charge in [-0.25, -0.2) is 4.98 Å². The van der Waals surface area contributed by atoms with Gasteiger partial charge in [-0.15, -0.1) is 0 Å². The van der Waals surface area contributed by atoms with Gasteiger partial charge >= 0.3 is 0 Å². The van der Waals surface area contributed by atoms with Gasteiger partial charge in [-0.1, -0.05) is 41.6 Å². The Morgan fingerprint density at radius 2 is 2.10 bits per heavy atom. The predicted molar refractivity (Wildman–Crippen MR) is 112 cm³/mol. The average molecular weight is 428 g/mol. The van der Waals surface area contributed by atoms with Gasteiger partial charge in [0.2, 0.25) is 0 Å². The standard InChI is InChI=1S/C19H14ClN5O3S/c1-11-5-6-13(8-16(11)20)24-18(26)15-9-21-23-17(15)22-19(24)29-10-12-3-2-4-14(7-12)25(27)28/h2-9H,10H2,1H3,(H,21,23). The minimum atomic E-state index is -0.437. The zero-order chi connectivity index (χ0) is 20.5. The number of H-pyrrole nitrogens is 1. The van der Waals surface area contributed by atoms with Gasteiger partial charge in [0, 0.05) is 22.9 Å². The number of benzene rings is 2. The van der Waals surface area contributed by atoms with E-state index in [-0.39, 0.29) is 11.2 Å². The number of fused-ring (bicyclic) bond motifs is 1. The molecule has 0 saturated heterocycles. The molecule has 0 radical (unpaired) electrons. The number of aromatic nitrogens is 4. The van der Waals surface area contributed by atoms with Crippen LogP contribution < -0.4 is 5.56 Å². The van der Waals surface area contributed by atoms with E-state index >= 15 is 0 Å². The van der Waals surface area contributed by atoms with Gasteiger partial charge < -0.3 is 0 Å². The third-order valence-electron chi connectivity index (χ3n) is 4.35. The summed E-state index contributed by atoms with van der Waals surface area (Å²) in [4.78, 5) is 28.2. The summed E-state index contributed by atoms with van der Waals surface area (Å²) in [6.07, 6.45) is 1.44. The molecule has 0 unspecified atom stereocenters. The number of nitrogens with one attached hydrogen (secondary N) is 1. The van der Waals surface area contributed by atoms with Crippen molar-refractivity contribution in [2.24, 2.45) is 0 Å². The highest BCUT2D eigenvalue weighted by Crippen LogP contribution is 2.27. The number of hydrogen-bond donors (Lipinski definition) is 1. The molecule has 2 aromatic carbocycles. The van der Waals surface area contributed by atoms with Crippen molar-refractivity contribution < 1.29 is 4.92 Å². The predicted octanol–water partition coefficient (Wildman–Crippen LogP) is 4.27. The number of non-ortho nitro benzene ring substituents is 1. The number of nitro benzene ring substituents is 1. The molecule has 4 aromatic rings. The number of nitro groups is 1. The summed E-state index contributed by atoms with van der Waals surface area (Å²) in [5.41, 5.74) is 2.35. The molecule has 0 saturated carbocycles. The average Bonchev–Trinajstić information content (AvgIpc) is 3.18. The van der Waals surface area contributed by atoms with Crippen molar-refractivity contribution >= 4 is 40.1 Å². The molecule has 146 valence electrons. The molecule has 0 atom stereocenters. The molecule has 0 aliphatic heterocycles. The summed E-state index contributed by atoms with van der Waals surface area (Å²) in [5, 5.41) is 19.0. The first kappa shape index (κ1) is 19.2. The second-order valence-corrected chi connectivity index (χ2v) is 7.67. The zero-order valence-electron chi connectivity index (χ0n) is 15.1. The Bertz CT molecular complexity index is 1300. The fraction of sp³-hybridized carbons (Fsp3) is 0.105. The summed E-state index contributed by atoms with van der Waals surface area (Å²) < 4.78 is 1.48. The van der Waals surface area contributed by atoms with Crippen LogP contribution in [0.4, 0.5) is 5.69 Å². The van der Waals surface area contributed by atoms with Gasteiger partial charge in [0.15, 0.2) is 10.8 Å². The highest BCUT2D eigenvalue weighted by atomic mass is 35.5. The van der Waals surface area contributed by atoms with Crippen molar-refractivity contribution in [3.8, 4) is 5.69 Å². The number of thioether (sulfide) groups is 1. The Morgan fingerprint density at radius 1 is 1.28 bits per heavy atom. The van der Waals surface area contributed by atoms with Gasteiger partial charge in [0.1, 0.15) is 5.39 Å². The third kappa shape index (κ3) is 3.74. The lowest BCUT2D eigenvalue weighted by Crippen LogP contribution is -2.21. The number of hydrogen-bond acceptors (Lipinski definition) is 6. The molecule has 8 nitrogen and oxygen atoms in total. The van der Waals surface area contributed by atoms with Crippen molar-refractivity contribution in [2.75, 3.05) is 0 Å². The first-order chi connectivity index (χ1) is 13.9. The lowest BCUT2D eigenvalue weighted by molar-refractivity contribution is -0.384. The van der Waals surface area contributed by atoms with Crippen LogP contribution in [-0.4, -0.2) is 24.7 Å². The maximum atomic E-state index is 13.1. The molecule has 10 heteroatoms. The Balaban J connectivity index is 1.79. The summed E-state index contributed by atoms with van der Waals surface area (Å²) >= 11 is 7.56. The molecule has 0 aliphatic carbocycles. The minimum Gasteiger partial charge on any atom is -0.268 e. The van der Waals surface area contributed by atoms with Crippen molar-refractivity contribution in [1.82, 2.24) is 19.7 Å². The molecule has 0 fully saturated rings. The van der Waals surface area contributed by atoms with Crippen LogP contribution in [0.5, 0.6) is 0 Å². The van der Waals surface area contributed by atoms with Crippen molar-refractivity contribution in [2.45, 2.75) is 17.8 Å². The number of aryl methyl sites for hydroxylation is 1. The molecule has 4 rings (SSSR count). The molecule has 2 aromatic heterocycles. The minimum absolute atomic E-state index is 0.0165. The first-order valence-corrected chi connectivity index (χ1v) is 9.89. The van der Waals surface area contributed by atoms with E-state index in [9.17, 15) is 14.9 Å².